The van der Waals surface area contributed by atoms with Crippen LogP contribution >= 0.6 is 0 Å². The van der Waals surface area contributed by atoms with Gasteiger partial charge < -0.3 is 25.6 Å². The molecular weight excluding hydrogens is 442 g/mol. The first-order valence-corrected chi connectivity index (χ1v) is 11.7. The molecular formula is C21H27N9O4. The van der Waals surface area contributed by atoms with E-state index in [0.29, 0.717) is 40.5 Å². The topological polar surface area (TPSA) is 165 Å². The molecule has 1 saturated heterocycles. The predicted molar refractivity (Wildman–Crippen MR) is 118 cm³/mol. The monoisotopic (exact) mass is 469 g/mol. The van der Waals surface area contributed by atoms with Gasteiger partial charge in [0.05, 0.1) is 12.5 Å². The van der Waals surface area contributed by atoms with Crippen LogP contribution in [0.1, 0.15) is 38.3 Å². The van der Waals surface area contributed by atoms with Gasteiger partial charge >= 0.3 is 0 Å². The van der Waals surface area contributed by atoms with E-state index in [1.807, 2.05) is 10.9 Å². The van der Waals surface area contributed by atoms with Crippen LogP contribution in [0.5, 0.6) is 0 Å². The van der Waals surface area contributed by atoms with Crippen LogP contribution in [0, 0.1) is 5.92 Å². The van der Waals surface area contributed by atoms with E-state index in [4.69, 9.17) is 9.72 Å². The maximum absolute atomic E-state index is 12.1. The molecule has 2 aliphatic carbocycles. The second kappa shape index (κ2) is 8.25. The molecule has 4 heterocycles. The minimum absolute atomic E-state index is 0.300. The first-order valence-electron chi connectivity index (χ1n) is 11.7. The first kappa shape index (κ1) is 21.4. The van der Waals surface area contributed by atoms with E-state index >= 15 is 0 Å². The van der Waals surface area contributed by atoms with Crippen molar-refractivity contribution in [3.63, 3.8) is 0 Å². The molecule has 0 spiro atoms. The lowest BCUT2D eigenvalue weighted by Gasteiger charge is -2.27. The van der Waals surface area contributed by atoms with Crippen molar-refractivity contribution in [2.75, 3.05) is 12.4 Å². The number of ether oxygens (including phenoxy) is 1. The second-order valence-corrected chi connectivity index (χ2v) is 9.30. The van der Waals surface area contributed by atoms with Crippen LogP contribution in [0.15, 0.2) is 12.5 Å². The molecule has 6 rings (SSSR count). The fourth-order valence-corrected chi connectivity index (χ4v) is 4.37. The maximum atomic E-state index is 12.1. The molecule has 3 aromatic rings. The minimum Gasteiger partial charge on any atom is -0.387 e. The number of anilines is 1. The number of carbonyl (C=O) groups excluding carboxylic acids is 1. The normalized spacial score (nSPS) is 27.1. The average Bonchev–Trinajstić information content (AvgIpc) is 3.20. The van der Waals surface area contributed by atoms with Gasteiger partial charge in [0.25, 0.3) is 5.91 Å². The van der Waals surface area contributed by atoms with E-state index in [1.54, 1.807) is 0 Å². The van der Waals surface area contributed by atoms with Crippen molar-refractivity contribution in [1.29, 1.82) is 0 Å². The standard InChI is InChI=1S/C21H27N9O4/c1-22-20(33)16-14(31)15(32)21(34-16)30-9-23-13-18(24-11-3-2-4-11)25-17(26-19(13)30)12-8-29(28-27-12)7-10-5-6-10/h8-11,14-16,21,31-32H,2-7H2,1H3,(H,22,33)(H,24,25,26)/t14-,15+,16-,21+/m0/s1. The number of aliphatic hydroxyl groups is 2. The third kappa shape index (κ3) is 3.69. The van der Waals surface area contributed by atoms with Gasteiger partial charge in [-0.05, 0) is 38.0 Å². The molecule has 180 valence electrons. The number of aromatic nitrogens is 7. The number of fused-ring (bicyclic) bond motifs is 1. The molecule has 4 atom stereocenters. The Morgan fingerprint density at radius 3 is 2.74 bits per heavy atom. The quantitative estimate of drug-likeness (QED) is 0.365. The molecule has 0 radical (unpaired) electrons. The van der Waals surface area contributed by atoms with Gasteiger partial charge in [-0.15, -0.1) is 5.10 Å². The van der Waals surface area contributed by atoms with Crippen molar-refractivity contribution in [2.24, 2.45) is 5.92 Å². The number of carbonyl (C=O) groups is 1. The van der Waals surface area contributed by atoms with Crippen LogP contribution < -0.4 is 10.6 Å². The summed E-state index contributed by atoms with van der Waals surface area (Å²) < 4.78 is 9.08. The lowest BCUT2D eigenvalue weighted by Crippen LogP contribution is -2.41. The zero-order valence-corrected chi connectivity index (χ0v) is 18.7. The van der Waals surface area contributed by atoms with Crippen LogP contribution in [0.4, 0.5) is 5.82 Å². The highest BCUT2D eigenvalue weighted by Gasteiger charge is 2.47. The van der Waals surface area contributed by atoms with Crippen LogP contribution in [0.25, 0.3) is 22.7 Å². The summed E-state index contributed by atoms with van der Waals surface area (Å²) in [4.78, 5) is 26.0. The Morgan fingerprint density at radius 2 is 2.03 bits per heavy atom. The first-order chi connectivity index (χ1) is 16.5. The zero-order valence-electron chi connectivity index (χ0n) is 18.7. The molecule has 3 aliphatic rings. The summed E-state index contributed by atoms with van der Waals surface area (Å²) >= 11 is 0. The number of hydrogen-bond donors (Lipinski definition) is 4. The van der Waals surface area contributed by atoms with Crippen molar-refractivity contribution in [3.05, 3.63) is 12.5 Å². The van der Waals surface area contributed by atoms with E-state index in [9.17, 15) is 15.0 Å². The Morgan fingerprint density at radius 1 is 1.21 bits per heavy atom. The van der Waals surface area contributed by atoms with Gasteiger partial charge in [0.1, 0.15) is 17.9 Å². The van der Waals surface area contributed by atoms with Crippen molar-refractivity contribution in [3.8, 4) is 11.5 Å². The molecule has 13 nitrogen and oxygen atoms in total. The van der Waals surface area contributed by atoms with Crippen LogP contribution in [-0.2, 0) is 16.1 Å². The van der Waals surface area contributed by atoms with E-state index in [0.717, 1.165) is 25.8 Å². The molecule has 34 heavy (non-hydrogen) atoms. The summed E-state index contributed by atoms with van der Waals surface area (Å²) in [6.07, 6.45) is 3.98. The number of hydrogen-bond acceptors (Lipinski definition) is 10. The molecule has 0 aromatic carbocycles. The number of nitrogens with zero attached hydrogens (tertiary/aromatic N) is 7. The highest BCUT2D eigenvalue weighted by atomic mass is 16.6. The summed E-state index contributed by atoms with van der Waals surface area (Å²) in [5.41, 5.74) is 1.44. The molecule has 2 saturated carbocycles. The van der Waals surface area contributed by atoms with Gasteiger partial charge in [0.15, 0.2) is 35.1 Å². The average molecular weight is 470 g/mol. The van der Waals surface area contributed by atoms with E-state index in [1.165, 1.54) is 30.8 Å². The largest absolute Gasteiger partial charge is 0.387 e. The Bertz CT molecular complexity index is 1220. The third-order valence-electron chi connectivity index (χ3n) is 6.79. The summed E-state index contributed by atoms with van der Waals surface area (Å²) in [5.74, 6) is 1.06. The number of aliphatic hydroxyl groups excluding tert-OH is 2. The predicted octanol–water partition coefficient (Wildman–Crippen LogP) is -0.176. The van der Waals surface area contributed by atoms with Crippen LogP contribution in [0.2, 0.25) is 0 Å². The Kier molecular flexibility index (Phi) is 5.19. The van der Waals surface area contributed by atoms with Gasteiger partial charge in [-0.2, -0.15) is 0 Å². The molecule has 13 heteroatoms. The number of likely N-dealkylation sites (N-methyl/N-ethyl adjacent to an activating group) is 1. The third-order valence-corrected chi connectivity index (χ3v) is 6.79. The summed E-state index contributed by atoms with van der Waals surface area (Å²) in [6.45, 7) is 0.821. The fourth-order valence-electron chi connectivity index (χ4n) is 4.37. The Hall–Kier alpha value is -3.16. The Labute approximate surface area is 194 Å². The SMILES string of the molecule is CNC(=O)[C@H]1O[C@@H](n2cnc3c(NC4CCC4)nc(-c4cn(CC5CC5)nn4)nc32)[C@H](O)[C@@H]1O. The number of imidazole rings is 1. The van der Waals surface area contributed by atoms with Gasteiger partial charge in [-0.25, -0.2) is 15.0 Å². The minimum atomic E-state index is -1.39. The second-order valence-electron chi connectivity index (χ2n) is 9.30. The van der Waals surface area contributed by atoms with Crippen molar-refractivity contribution < 1.29 is 19.7 Å². The van der Waals surface area contributed by atoms with E-state index in [2.05, 4.69) is 30.9 Å². The number of amides is 1. The van der Waals surface area contributed by atoms with Crippen molar-refractivity contribution >= 4 is 22.9 Å². The van der Waals surface area contributed by atoms with Gasteiger partial charge in [-0.1, -0.05) is 5.21 Å². The maximum Gasteiger partial charge on any atom is 0.251 e. The van der Waals surface area contributed by atoms with Crippen LogP contribution in [0.3, 0.4) is 0 Å². The molecule has 4 N–H and O–H groups in total. The van der Waals surface area contributed by atoms with Gasteiger partial charge in [0, 0.05) is 19.6 Å². The Balaban J connectivity index is 1.39. The van der Waals surface area contributed by atoms with E-state index in [-0.39, 0.29) is 0 Å². The fraction of sp³-hybridized carbons (Fsp3) is 0.619. The smallest absolute Gasteiger partial charge is 0.251 e. The number of rotatable bonds is 7. The van der Waals surface area contributed by atoms with Crippen molar-refractivity contribution in [2.45, 2.75) is 69.2 Å². The van der Waals surface area contributed by atoms with Gasteiger partial charge in [0.2, 0.25) is 0 Å². The van der Waals surface area contributed by atoms with E-state index < -0.39 is 30.4 Å². The van der Waals surface area contributed by atoms with Crippen LogP contribution in [-0.4, -0.2) is 82.0 Å². The summed E-state index contributed by atoms with van der Waals surface area (Å²) in [5, 5.41) is 35.4. The molecule has 0 bridgehead atoms. The highest BCUT2D eigenvalue weighted by Crippen LogP contribution is 2.35. The summed E-state index contributed by atoms with van der Waals surface area (Å²) in [7, 11) is 1.44. The molecule has 3 aromatic heterocycles. The number of nitrogens with one attached hydrogen (secondary N) is 2. The lowest BCUT2D eigenvalue weighted by molar-refractivity contribution is -0.137. The molecule has 3 fully saturated rings. The molecule has 1 amide bonds. The molecule has 1 aliphatic heterocycles. The van der Waals surface area contributed by atoms with Crippen molar-refractivity contribution in [1.82, 2.24) is 39.8 Å². The van der Waals surface area contributed by atoms with Gasteiger partial charge in [-0.3, -0.25) is 14.0 Å². The molecule has 0 unspecified atom stereocenters. The lowest BCUT2D eigenvalue weighted by atomic mass is 9.93. The zero-order chi connectivity index (χ0) is 23.4. The highest BCUT2D eigenvalue weighted by molar-refractivity contribution is 5.85. The summed E-state index contributed by atoms with van der Waals surface area (Å²) in [6, 6.07) is 0.300.